The first-order valence-electron chi connectivity index (χ1n) is 6.30. The predicted molar refractivity (Wildman–Crippen MR) is 73.5 cm³/mol. The molecule has 0 bridgehead atoms. The number of ether oxygens (including phenoxy) is 1. The summed E-state index contributed by atoms with van der Waals surface area (Å²) in [4.78, 5) is 34.9. The van der Waals surface area contributed by atoms with E-state index >= 15 is 0 Å². The van der Waals surface area contributed by atoms with Gasteiger partial charge in [-0.2, -0.15) is 0 Å². The maximum Gasteiger partial charge on any atom is 0.341 e. The molecular weight excluding hydrogens is 276 g/mol. The van der Waals surface area contributed by atoms with E-state index in [9.17, 15) is 14.4 Å². The van der Waals surface area contributed by atoms with Crippen molar-refractivity contribution in [2.75, 3.05) is 13.2 Å². The molecule has 1 aliphatic heterocycles. The summed E-state index contributed by atoms with van der Waals surface area (Å²) in [5.74, 6) is -1.01. The zero-order valence-corrected chi connectivity index (χ0v) is 11.3. The Kier molecular flexibility index (Phi) is 4.22. The van der Waals surface area contributed by atoms with Gasteiger partial charge in [-0.05, 0) is 30.7 Å². The van der Waals surface area contributed by atoms with Gasteiger partial charge in [0.2, 0.25) is 0 Å². The molecule has 0 spiro atoms. The van der Waals surface area contributed by atoms with Crippen LogP contribution in [-0.2, 0) is 9.59 Å². The first-order valence-corrected chi connectivity index (χ1v) is 6.30. The molecule has 2 rings (SSSR count). The van der Waals surface area contributed by atoms with Crippen molar-refractivity contribution >= 4 is 24.0 Å². The Bertz CT molecular complexity index is 606. The Hall–Kier alpha value is -2.83. The Morgan fingerprint density at radius 3 is 2.52 bits per heavy atom. The highest BCUT2D eigenvalue weighted by molar-refractivity contribution is 6.13. The average Bonchev–Trinajstić information content (AvgIpc) is 2.72. The Balaban J connectivity index is 2.09. The second kappa shape index (κ2) is 6.08. The summed E-state index contributed by atoms with van der Waals surface area (Å²) in [6, 6.07) is 6.08. The number of carbonyl (C=O) groups is 3. The number of likely N-dealkylation sites (N-methyl/N-ethyl adjacent to an activating group) is 1. The van der Waals surface area contributed by atoms with Gasteiger partial charge in [0.25, 0.3) is 5.91 Å². The molecular formula is C14H14N2O5. The molecule has 110 valence electrons. The van der Waals surface area contributed by atoms with Gasteiger partial charge in [0, 0.05) is 6.54 Å². The number of nitrogens with zero attached hydrogens (tertiary/aromatic N) is 1. The highest BCUT2D eigenvalue weighted by Gasteiger charge is 2.31. The van der Waals surface area contributed by atoms with Gasteiger partial charge in [-0.15, -0.1) is 0 Å². The van der Waals surface area contributed by atoms with Crippen LogP contribution in [0.4, 0.5) is 4.79 Å². The van der Waals surface area contributed by atoms with Gasteiger partial charge in [-0.25, -0.2) is 9.59 Å². The van der Waals surface area contributed by atoms with Gasteiger partial charge >= 0.3 is 12.0 Å². The van der Waals surface area contributed by atoms with Crippen molar-refractivity contribution in [1.29, 1.82) is 0 Å². The highest BCUT2D eigenvalue weighted by Crippen LogP contribution is 2.17. The summed E-state index contributed by atoms with van der Waals surface area (Å²) in [5.41, 5.74) is 0.903. The van der Waals surface area contributed by atoms with Crippen molar-refractivity contribution in [2.45, 2.75) is 6.92 Å². The molecule has 0 aromatic heterocycles. The Morgan fingerprint density at radius 2 is 2.00 bits per heavy atom. The van der Waals surface area contributed by atoms with Crippen LogP contribution in [-0.4, -0.2) is 41.1 Å². The molecule has 1 fully saturated rings. The van der Waals surface area contributed by atoms with Crippen LogP contribution in [0.1, 0.15) is 12.5 Å². The van der Waals surface area contributed by atoms with Crippen LogP contribution in [0, 0.1) is 0 Å². The van der Waals surface area contributed by atoms with E-state index in [4.69, 9.17) is 9.84 Å². The molecule has 1 heterocycles. The number of carboxylic acid groups (broad SMARTS) is 1. The fourth-order valence-corrected chi connectivity index (χ4v) is 1.83. The SMILES string of the molecule is CCN1C(=O)N/C(=C/c2ccc(OCC(=O)O)cc2)C1=O. The zero-order chi connectivity index (χ0) is 15.4. The van der Waals surface area contributed by atoms with E-state index in [-0.39, 0.29) is 11.6 Å². The topological polar surface area (TPSA) is 95.9 Å². The molecule has 1 aliphatic rings. The average molecular weight is 290 g/mol. The van der Waals surface area contributed by atoms with E-state index in [1.54, 1.807) is 37.3 Å². The molecule has 21 heavy (non-hydrogen) atoms. The third-order valence-corrected chi connectivity index (χ3v) is 2.83. The van der Waals surface area contributed by atoms with Crippen molar-refractivity contribution in [2.24, 2.45) is 0 Å². The summed E-state index contributed by atoms with van der Waals surface area (Å²) in [6.07, 6.45) is 1.55. The summed E-state index contributed by atoms with van der Waals surface area (Å²) in [6.45, 7) is 1.61. The molecule has 2 N–H and O–H groups in total. The summed E-state index contributed by atoms with van der Waals surface area (Å²) in [5, 5.41) is 11.0. The largest absolute Gasteiger partial charge is 0.482 e. The number of benzene rings is 1. The number of carbonyl (C=O) groups excluding carboxylic acids is 2. The quantitative estimate of drug-likeness (QED) is 0.624. The van der Waals surface area contributed by atoms with Gasteiger partial charge in [0.15, 0.2) is 6.61 Å². The monoisotopic (exact) mass is 290 g/mol. The van der Waals surface area contributed by atoms with E-state index in [2.05, 4.69) is 5.32 Å². The number of nitrogens with one attached hydrogen (secondary N) is 1. The van der Waals surface area contributed by atoms with Crippen LogP contribution in [0.25, 0.3) is 6.08 Å². The van der Waals surface area contributed by atoms with E-state index in [0.717, 1.165) is 4.90 Å². The summed E-state index contributed by atoms with van der Waals surface area (Å²) < 4.78 is 5.00. The zero-order valence-electron chi connectivity index (χ0n) is 11.3. The number of aliphatic carboxylic acids is 1. The molecule has 3 amide bonds. The molecule has 7 nitrogen and oxygen atoms in total. The lowest BCUT2D eigenvalue weighted by atomic mass is 10.2. The second-order valence-electron chi connectivity index (χ2n) is 4.29. The molecule has 1 aromatic carbocycles. The van der Waals surface area contributed by atoms with Gasteiger partial charge in [0.05, 0.1) is 0 Å². The van der Waals surface area contributed by atoms with Crippen LogP contribution < -0.4 is 10.1 Å². The minimum atomic E-state index is -1.06. The second-order valence-corrected chi connectivity index (χ2v) is 4.29. The molecule has 0 aliphatic carbocycles. The number of hydrogen-bond donors (Lipinski definition) is 2. The maximum atomic E-state index is 11.9. The van der Waals surface area contributed by atoms with E-state index < -0.39 is 18.6 Å². The van der Waals surface area contributed by atoms with Crippen molar-refractivity contribution in [1.82, 2.24) is 10.2 Å². The van der Waals surface area contributed by atoms with E-state index in [0.29, 0.717) is 17.9 Å². The van der Waals surface area contributed by atoms with Crippen LogP contribution in [0.5, 0.6) is 5.75 Å². The minimum absolute atomic E-state index is 0.209. The number of rotatable bonds is 5. The Labute approximate surface area is 120 Å². The molecule has 1 saturated heterocycles. The van der Waals surface area contributed by atoms with Gasteiger partial charge in [-0.3, -0.25) is 9.69 Å². The summed E-state index contributed by atoms with van der Waals surface area (Å²) >= 11 is 0. The van der Waals surface area contributed by atoms with Crippen molar-refractivity contribution in [3.8, 4) is 5.75 Å². The maximum absolute atomic E-state index is 11.9. The predicted octanol–water partition coefficient (Wildman–Crippen LogP) is 1.06. The normalized spacial score (nSPS) is 16.2. The van der Waals surface area contributed by atoms with Crippen molar-refractivity contribution in [3.63, 3.8) is 0 Å². The number of hydrogen-bond acceptors (Lipinski definition) is 4. The molecule has 0 saturated carbocycles. The minimum Gasteiger partial charge on any atom is -0.482 e. The van der Waals surface area contributed by atoms with E-state index in [1.807, 2.05) is 0 Å². The molecule has 0 unspecified atom stereocenters. The Morgan fingerprint density at radius 1 is 1.33 bits per heavy atom. The lowest BCUT2D eigenvalue weighted by molar-refractivity contribution is -0.139. The first kappa shape index (κ1) is 14.6. The van der Waals surface area contributed by atoms with Gasteiger partial charge in [-0.1, -0.05) is 12.1 Å². The van der Waals surface area contributed by atoms with Crippen molar-refractivity contribution in [3.05, 3.63) is 35.5 Å². The van der Waals surface area contributed by atoms with E-state index in [1.165, 1.54) is 0 Å². The molecule has 7 heteroatoms. The van der Waals surface area contributed by atoms with Gasteiger partial charge in [0.1, 0.15) is 11.4 Å². The number of imide groups is 1. The fourth-order valence-electron chi connectivity index (χ4n) is 1.83. The molecule has 0 atom stereocenters. The van der Waals surface area contributed by atoms with Crippen LogP contribution >= 0.6 is 0 Å². The molecule has 1 aromatic rings. The highest BCUT2D eigenvalue weighted by atomic mass is 16.5. The number of urea groups is 1. The molecule has 0 radical (unpaired) electrons. The van der Waals surface area contributed by atoms with Gasteiger partial charge < -0.3 is 15.2 Å². The first-order chi connectivity index (χ1) is 10.0. The smallest absolute Gasteiger partial charge is 0.341 e. The lowest BCUT2D eigenvalue weighted by Crippen LogP contribution is -2.30. The van der Waals surface area contributed by atoms with Crippen LogP contribution in [0.3, 0.4) is 0 Å². The van der Waals surface area contributed by atoms with Crippen molar-refractivity contribution < 1.29 is 24.2 Å². The standard InChI is InChI=1S/C14H14N2O5/c1-2-16-13(19)11(15-14(16)20)7-9-3-5-10(6-4-9)21-8-12(17)18/h3-7H,2,8H2,1H3,(H,15,20)(H,17,18)/b11-7+. The van der Waals surface area contributed by atoms with Crippen LogP contribution in [0.2, 0.25) is 0 Å². The number of amides is 3. The number of carboxylic acids is 1. The van der Waals surface area contributed by atoms with Crippen LogP contribution in [0.15, 0.2) is 30.0 Å². The third-order valence-electron chi connectivity index (χ3n) is 2.83. The summed E-state index contributed by atoms with van der Waals surface area (Å²) in [7, 11) is 0. The lowest BCUT2D eigenvalue weighted by Gasteiger charge is -2.06. The fraction of sp³-hybridized carbons (Fsp3) is 0.214. The third kappa shape index (κ3) is 3.38.